The fraction of sp³-hybridized carbons (Fsp3) is 0.0333. The maximum absolute atomic E-state index is 2.46. The first-order valence-electron chi connectivity index (χ1n) is 21.3. The zero-order chi connectivity index (χ0) is 40.0. The number of fused-ring (bicyclic) bond motifs is 13. The first kappa shape index (κ1) is 34.7. The fourth-order valence-corrected chi connectivity index (χ4v) is 12.0. The first-order valence-corrected chi connectivity index (χ1v) is 22.2. The molecule has 0 saturated heterocycles. The lowest BCUT2D eigenvalue weighted by Gasteiger charge is -2.19. The van der Waals surface area contributed by atoms with Crippen LogP contribution in [0.5, 0.6) is 0 Å². The largest absolute Gasteiger partial charge is 0.117 e. The highest BCUT2D eigenvalue weighted by Gasteiger charge is 2.31. The van der Waals surface area contributed by atoms with Crippen LogP contribution >= 0.6 is 11.8 Å². The molecule has 1 heterocycles. The second kappa shape index (κ2) is 13.7. The average molecular weight is 791 g/mol. The Bertz CT molecular complexity index is 3640. The van der Waals surface area contributed by atoms with Gasteiger partial charge in [0.2, 0.25) is 0 Å². The van der Waals surface area contributed by atoms with E-state index in [1.165, 1.54) is 120 Å². The van der Waals surface area contributed by atoms with E-state index in [9.17, 15) is 0 Å². The summed E-state index contributed by atoms with van der Waals surface area (Å²) in [5.74, 6) is 0.437. The normalized spacial score (nSPS) is 15.7. The molecular weight excluding hydrogens is 753 g/mol. The summed E-state index contributed by atoms with van der Waals surface area (Å²) in [6.07, 6.45) is 9.11. The van der Waals surface area contributed by atoms with Crippen LogP contribution in [-0.4, -0.2) is 5.25 Å². The van der Waals surface area contributed by atoms with Gasteiger partial charge in [0.1, 0.15) is 0 Å². The van der Waals surface area contributed by atoms with Crippen LogP contribution in [0.3, 0.4) is 0 Å². The number of allylic oxidation sites excluding steroid dienone is 3. The van der Waals surface area contributed by atoms with Crippen LogP contribution in [-0.2, 0) is 0 Å². The van der Waals surface area contributed by atoms with Crippen LogP contribution < -0.4 is 0 Å². The maximum Gasteiger partial charge on any atom is 0.0381 e. The Balaban J connectivity index is 1.00. The van der Waals surface area contributed by atoms with Gasteiger partial charge in [-0.2, -0.15) is 0 Å². The zero-order valence-electron chi connectivity index (χ0n) is 33.3. The third-order valence-corrected chi connectivity index (χ3v) is 14.7. The number of hydrogen-bond donors (Lipinski definition) is 0. The van der Waals surface area contributed by atoms with Crippen LogP contribution in [0.4, 0.5) is 0 Å². The molecule has 0 spiro atoms. The molecule has 61 heavy (non-hydrogen) atoms. The van der Waals surface area contributed by atoms with Crippen molar-refractivity contribution >= 4 is 76.4 Å². The number of rotatable bonds is 4. The van der Waals surface area contributed by atoms with Crippen LogP contribution in [0, 0.1) is 0 Å². The van der Waals surface area contributed by atoms with Gasteiger partial charge in [-0.05, 0) is 145 Å². The quantitative estimate of drug-likeness (QED) is 0.126. The molecular formula is C60H38S. The van der Waals surface area contributed by atoms with E-state index in [1.54, 1.807) is 0 Å². The lowest BCUT2D eigenvalue weighted by molar-refractivity contribution is 0.881. The van der Waals surface area contributed by atoms with E-state index in [4.69, 9.17) is 0 Å². The van der Waals surface area contributed by atoms with Crippen molar-refractivity contribution in [2.24, 2.45) is 0 Å². The molecule has 0 amide bonds. The van der Waals surface area contributed by atoms with Gasteiger partial charge in [0, 0.05) is 16.1 Å². The van der Waals surface area contributed by atoms with E-state index < -0.39 is 0 Å². The number of thioether (sulfide) groups is 1. The van der Waals surface area contributed by atoms with Crippen LogP contribution in [0.1, 0.15) is 11.5 Å². The molecule has 0 nitrogen and oxygen atoms in total. The topological polar surface area (TPSA) is 0 Å². The highest BCUT2D eigenvalue weighted by molar-refractivity contribution is 8.00. The SMILES string of the molecule is C1=CC2Sc3ccc(-c4cccc(-c5c6ccccc6c(-c6cccc(-c7cc8c9ccccc9c9ccccc9c8c8ccccc78)c6)c6ccccc56)c4)cc3C2C=C1. The van der Waals surface area contributed by atoms with Crippen molar-refractivity contribution in [3.63, 3.8) is 0 Å². The van der Waals surface area contributed by atoms with E-state index in [-0.39, 0.29) is 0 Å². The van der Waals surface area contributed by atoms with Gasteiger partial charge >= 0.3 is 0 Å². The highest BCUT2D eigenvalue weighted by Crippen LogP contribution is 2.50. The predicted octanol–water partition coefficient (Wildman–Crippen LogP) is 17.0. The minimum Gasteiger partial charge on any atom is -0.117 e. The molecule has 2 unspecified atom stereocenters. The Kier molecular flexibility index (Phi) is 7.77. The Morgan fingerprint density at radius 3 is 1.41 bits per heavy atom. The fourth-order valence-electron chi connectivity index (χ4n) is 10.7. The predicted molar refractivity (Wildman–Crippen MR) is 264 cm³/mol. The molecule has 11 aromatic rings. The van der Waals surface area contributed by atoms with Crippen LogP contribution in [0.15, 0.2) is 223 Å². The van der Waals surface area contributed by atoms with Crippen LogP contribution in [0.25, 0.3) is 109 Å². The number of hydrogen-bond acceptors (Lipinski definition) is 1. The second-order valence-electron chi connectivity index (χ2n) is 16.6. The second-order valence-corrected chi connectivity index (χ2v) is 17.8. The lowest BCUT2D eigenvalue weighted by atomic mass is 9.84. The van der Waals surface area contributed by atoms with Gasteiger partial charge in [-0.1, -0.05) is 188 Å². The van der Waals surface area contributed by atoms with E-state index in [1.807, 2.05) is 11.8 Å². The summed E-state index contributed by atoms with van der Waals surface area (Å²) in [6, 6.07) is 72.9. The van der Waals surface area contributed by atoms with Crippen molar-refractivity contribution in [2.75, 3.05) is 0 Å². The Labute approximate surface area is 359 Å². The highest BCUT2D eigenvalue weighted by atomic mass is 32.2. The van der Waals surface area contributed by atoms with Gasteiger partial charge < -0.3 is 0 Å². The van der Waals surface area contributed by atoms with Crippen molar-refractivity contribution in [3.8, 4) is 44.5 Å². The van der Waals surface area contributed by atoms with Gasteiger partial charge in [0.05, 0.1) is 0 Å². The Morgan fingerprint density at radius 1 is 0.311 bits per heavy atom. The zero-order valence-corrected chi connectivity index (χ0v) is 34.2. The Hall–Kier alpha value is -7.19. The van der Waals surface area contributed by atoms with Crippen molar-refractivity contribution in [1.82, 2.24) is 0 Å². The van der Waals surface area contributed by atoms with Crippen molar-refractivity contribution in [2.45, 2.75) is 16.1 Å². The third-order valence-electron chi connectivity index (χ3n) is 13.3. The van der Waals surface area contributed by atoms with Gasteiger partial charge in [0.25, 0.3) is 0 Å². The van der Waals surface area contributed by atoms with E-state index in [2.05, 4.69) is 218 Å². The standard InChI is InChI=1S/C60H38S/c1-2-21-44-42(19-1)43-20-3-5-24-47(43)60-48-25-6-4-22-45(48)53(36-55(44)60)39-16-14-18-41(34-39)59-51-28-9-7-26-49(51)58(50-27-8-10-29-52(50)59)40-17-13-15-37(33-40)38-31-32-57-54(35-38)46-23-11-12-30-56(46)61-57/h1-36,46,56H. The molecule has 2 atom stereocenters. The molecule has 0 N–H and O–H groups in total. The molecule has 11 aromatic carbocycles. The van der Waals surface area contributed by atoms with E-state index >= 15 is 0 Å². The minimum absolute atomic E-state index is 0.437. The molecule has 1 aliphatic heterocycles. The first-order chi connectivity index (χ1) is 30.3. The monoisotopic (exact) mass is 790 g/mol. The molecule has 0 radical (unpaired) electrons. The molecule has 0 bridgehead atoms. The van der Waals surface area contributed by atoms with Crippen molar-refractivity contribution < 1.29 is 0 Å². The summed E-state index contributed by atoms with van der Waals surface area (Å²) in [4.78, 5) is 1.40. The minimum atomic E-state index is 0.437. The summed E-state index contributed by atoms with van der Waals surface area (Å²) < 4.78 is 0. The molecule has 0 fully saturated rings. The van der Waals surface area contributed by atoms with Crippen molar-refractivity contribution in [1.29, 1.82) is 0 Å². The third kappa shape index (κ3) is 5.34. The average Bonchev–Trinajstić information content (AvgIpc) is 3.71. The summed E-state index contributed by atoms with van der Waals surface area (Å²) in [5, 5.41) is 15.9. The van der Waals surface area contributed by atoms with Gasteiger partial charge in [-0.15, -0.1) is 11.8 Å². The summed E-state index contributed by atoms with van der Waals surface area (Å²) in [7, 11) is 0. The van der Waals surface area contributed by atoms with E-state index in [0.29, 0.717) is 11.2 Å². The van der Waals surface area contributed by atoms with Crippen molar-refractivity contribution in [3.05, 3.63) is 224 Å². The molecule has 0 aromatic heterocycles. The summed E-state index contributed by atoms with van der Waals surface area (Å²) in [6.45, 7) is 0. The maximum atomic E-state index is 2.46. The molecule has 2 aliphatic rings. The molecule has 0 saturated carbocycles. The van der Waals surface area contributed by atoms with E-state index in [0.717, 1.165) is 0 Å². The molecule has 1 heteroatoms. The molecule has 1 aliphatic carbocycles. The lowest BCUT2D eigenvalue weighted by Crippen LogP contribution is -2.06. The number of benzene rings is 11. The molecule has 13 rings (SSSR count). The Morgan fingerprint density at radius 2 is 0.770 bits per heavy atom. The smallest absolute Gasteiger partial charge is 0.0381 e. The molecule has 284 valence electrons. The van der Waals surface area contributed by atoms with Gasteiger partial charge in [0.15, 0.2) is 0 Å². The summed E-state index contributed by atoms with van der Waals surface area (Å²) in [5.41, 5.74) is 11.4. The van der Waals surface area contributed by atoms with Gasteiger partial charge in [-0.3, -0.25) is 0 Å². The van der Waals surface area contributed by atoms with Crippen LogP contribution in [0.2, 0.25) is 0 Å². The summed E-state index contributed by atoms with van der Waals surface area (Å²) >= 11 is 1.99. The van der Waals surface area contributed by atoms with Gasteiger partial charge in [-0.25, -0.2) is 0 Å².